The lowest BCUT2D eigenvalue weighted by Crippen LogP contribution is -2.29. The highest BCUT2D eigenvalue weighted by atomic mass is 32.2. The maximum Gasteiger partial charge on any atom is 0.275 e. The number of hydrazine groups is 1. The number of thiophene rings is 1. The number of nitrogens with two attached hydrogens (primary N) is 1. The topological polar surface area (TPSA) is 68.0 Å². The van der Waals surface area contributed by atoms with Crippen LogP contribution in [0.1, 0.15) is 15.4 Å². The van der Waals surface area contributed by atoms with Crippen molar-refractivity contribution >= 4 is 40.3 Å². The van der Waals surface area contributed by atoms with Crippen LogP contribution >= 0.6 is 34.4 Å². The molecule has 0 fully saturated rings. The molecule has 2 aromatic rings. The molecule has 17 heavy (non-hydrogen) atoms. The summed E-state index contributed by atoms with van der Waals surface area (Å²) in [4.78, 5) is 16.5. The highest BCUT2D eigenvalue weighted by Crippen LogP contribution is 2.38. The van der Waals surface area contributed by atoms with E-state index in [1.54, 1.807) is 23.1 Å². The Kier molecular flexibility index (Phi) is 3.82. The number of carbonyl (C=O) groups is 1. The third-order valence-electron chi connectivity index (χ3n) is 2.09. The Morgan fingerprint density at radius 1 is 1.59 bits per heavy atom. The van der Waals surface area contributed by atoms with E-state index in [-0.39, 0.29) is 5.91 Å². The zero-order valence-corrected chi connectivity index (χ0v) is 11.8. The van der Waals surface area contributed by atoms with E-state index >= 15 is 0 Å². The molecule has 0 bridgehead atoms. The summed E-state index contributed by atoms with van der Waals surface area (Å²) < 4.78 is 1.08. The van der Waals surface area contributed by atoms with E-state index in [9.17, 15) is 4.79 Å². The Balaban J connectivity index is 2.46. The maximum atomic E-state index is 11.5. The molecule has 0 aliphatic heterocycles. The van der Waals surface area contributed by atoms with E-state index in [2.05, 4.69) is 10.4 Å². The molecule has 0 aliphatic carbocycles. The van der Waals surface area contributed by atoms with Crippen molar-refractivity contribution in [3.05, 3.63) is 22.0 Å². The molecule has 1 amide bonds. The minimum Gasteiger partial charge on any atom is -0.289 e. The smallest absolute Gasteiger partial charge is 0.275 e. The monoisotopic (exact) mass is 285 g/mol. The zero-order valence-electron chi connectivity index (χ0n) is 9.31. The second kappa shape index (κ2) is 5.18. The van der Waals surface area contributed by atoms with Gasteiger partial charge in [0.25, 0.3) is 5.91 Å². The van der Waals surface area contributed by atoms with Crippen molar-refractivity contribution in [1.82, 2.24) is 10.4 Å². The fourth-order valence-corrected chi connectivity index (χ4v) is 4.06. The third-order valence-corrected chi connectivity index (χ3v) is 5.35. The van der Waals surface area contributed by atoms with Crippen LogP contribution in [0.25, 0.3) is 10.6 Å². The largest absolute Gasteiger partial charge is 0.289 e. The van der Waals surface area contributed by atoms with Gasteiger partial charge in [0, 0.05) is 16.6 Å². The van der Waals surface area contributed by atoms with E-state index in [0.717, 1.165) is 20.5 Å². The number of nitrogen functional groups attached to an aromatic ring is 1. The number of hydrogen-bond acceptors (Lipinski definition) is 6. The highest BCUT2D eigenvalue weighted by molar-refractivity contribution is 8.00. The Morgan fingerprint density at radius 3 is 2.88 bits per heavy atom. The van der Waals surface area contributed by atoms with Crippen molar-refractivity contribution in [3.63, 3.8) is 0 Å². The van der Waals surface area contributed by atoms with Crippen LogP contribution in [0.2, 0.25) is 0 Å². The standard InChI is InChI=1S/C10H11N3OS3/c1-5-4-16-9(12-5)6-3-7(8(14)13-11)17-10(6)15-2/h3-4H,11H2,1-2H3,(H,13,14). The number of aromatic nitrogens is 1. The first-order valence-corrected chi connectivity index (χ1v) is 7.69. The van der Waals surface area contributed by atoms with Gasteiger partial charge in [-0.1, -0.05) is 0 Å². The number of nitrogens with one attached hydrogen (secondary N) is 1. The molecule has 2 aromatic heterocycles. The van der Waals surface area contributed by atoms with E-state index in [1.807, 2.05) is 24.6 Å². The van der Waals surface area contributed by atoms with Gasteiger partial charge in [-0.2, -0.15) is 0 Å². The molecule has 0 saturated heterocycles. The van der Waals surface area contributed by atoms with E-state index in [0.29, 0.717) is 4.88 Å². The van der Waals surface area contributed by atoms with Crippen LogP contribution in [0.5, 0.6) is 0 Å². The number of hydrogen-bond donors (Lipinski definition) is 2. The van der Waals surface area contributed by atoms with Crippen LogP contribution in [-0.2, 0) is 0 Å². The number of carbonyl (C=O) groups excluding carboxylic acids is 1. The molecule has 0 aliphatic rings. The van der Waals surface area contributed by atoms with Crippen LogP contribution in [0, 0.1) is 6.92 Å². The summed E-state index contributed by atoms with van der Waals surface area (Å²) in [6, 6.07) is 1.84. The SMILES string of the molecule is CSc1sc(C(=O)NN)cc1-c1nc(C)cs1. The Bertz CT molecular complexity index is 547. The second-order valence-electron chi connectivity index (χ2n) is 3.28. The van der Waals surface area contributed by atoms with Crippen molar-refractivity contribution in [1.29, 1.82) is 0 Å². The first-order chi connectivity index (χ1) is 8.15. The van der Waals surface area contributed by atoms with Crippen molar-refractivity contribution in [3.8, 4) is 10.6 Å². The number of thioether (sulfide) groups is 1. The Hall–Kier alpha value is -0.890. The first kappa shape index (κ1) is 12.6. The molecule has 0 unspecified atom stereocenters. The Labute approximate surface area is 111 Å². The molecule has 0 aromatic carbocycles. The Morgan fingerprint density at radius 2 is 2.35 bits per heavy atom. The first-order valence-electron chi connectivity index (χ1n) is 4.77. The van der Waals surface area contributed by atoms with Gasteiger partial charge in [0.05, 0.1) is 9.09 Å². The minimum atomic E-state index is -0.259. The number of aryl methyl sites for hydroxylation is 1. The van der Waals surface area contributed by atoms with Gasteiger partial charge in [0.15, 0.2) is 0 Å². The molecular weight excluding hydrogens is 274 g/mol. The highest BCUT2D eigenvalue weighted by Gasteiger charge is 2.16. The van der Waals surface area contributed by atoms with E-state index < -0.39 is 0 Å². The summed E-state index contributed by atoms with van der Waals surface area (Å²) in [6.07, 6.45) is 1.99. The fourth-order valence-electron chi connectivity index (χ4n) is 1.34. The number of nitrogens with zero attached hydrogens (tertiary/aromatic N) is 1. The molecule has 0 spiro atoms. The predicted octanol–water partition coefficient (Wildman–Crippen LogP) is 2.51. The maximum absolute atomic E-state index is 11.5. The summed E-state index contributed by atoms with van der Waals surface area (Å²) in [5.41, 5.74) is 4.15. The van der Waals surface area contributed by atoms with Crippen LogP contribution in [-0.4, -0.2) is 17.1 Å². The van der Waals surface area contributed by atoms with Crippen LogP contribution in [0.4, 0.5) is 0 Å². The lowest BCUT2D eigenvalue weighted by atomic mass is 10.3. The van der Waals surface area contributed by atoms with Crippen molar-refractivity contribution in [2.24, 2.45) is 5.84 Å². The van der Waals surface area contributed by atoms with E-state index in [1.165, 1.54) is 11.3 Å². The number of thiazole rings is 1. The van der Waals surface area contributed by atoms with Gasteiger partial charge in [0.1, 0.15) is 5.01 Å². The van der Waals surface area contributed by atoms with Crippen molar-refractivity contribution < 1.29 is 4.79 Å². The van der Waals surface area contributed by atoms with Gasteiger partial charge in [-0.05, 0) is 19.2 Å². The molecule has 90 valence electrons. The normalized spacial score (nSPS) is 10.5. The zero-order chi connectivity index (χ0) is 12.4. The van der Waals surface area contributed by atoms with Gasteiger partial charge in [-0.25, -0.2) is 10.8 Å². The van der Waals surface area contributed by atoms with Crippen LogP contribution < -0.4 is 11.3 Å². The summed E-state index contributed by atoms with van der Waals surface area (Å²) in [6.45, 7) is 1.96. The molecule has 0 saturated carbocycles. The molecule has 3 N–H and O–H groups in total. The number of amides is 1. The van der Waals surface area contributed by atoms with Crippen LogP contribution in [0.15, 0.2) is 15.7 Å². The van der Waals surface area contributed by atoms with Gasteiger partial charge in [-0.3, -0.25) is 10.2 Å². The van der Waals surface area contributed by atoms with Crippen LogP contribution in [0.3, 0.4) is 0 Å². The summed E-state index contributed by atoms with van der Waals surface area (Å²) in [5.74, 6) is 4.88. The van der Waals surface area contributed by atoms with Crippen molar-refractivity contribution in [2.45, 2.75) is 11.1 Å². The average Bonchev–Trinajstić information content (AvgIpc) is 2.93. The molecule has 4 nitrogen and oxygen atoms in total. The minimum absolute atomic E-state index is 0.259. The fraction of sp³-hybridized carbons (Fsp3) is 0.200. The van der Waals surface area contributed by atoms with Gasteiger partial charge in [0.2, 0.25) is 0 Å². The summed E-state index contributed by atoms with van der Waals surface area (Å²) in [7, 11) is 0. The van der Waals surface area contributed by atoms with Gasteiger partial charge >= 0.3 is 0 Å². The molecule has 0 radical (unpaired) electrons. The molecule has 0 atom stereocenters. The summed E-state index contributed by atoms with van der Waals surface area (Å²) in [5, 5.41) is 2.94. The number of rotatable bonds is 3. The lowest BCUT2D eigenvalue weighted by Gasteiger charge is -1.94. The van der Waals surface area contributed by atoms with Crippen molar-refractivity contribution in [2.75, 3.05) is 6.26 Å². The molecule has 2 rings (SSSR count). The predicted molar refractivity (Wildman–Crippen MR) is 73.6 cm³/mol. The molecule has 7 heteroatoms. The van der Waals surface area contributed by atoms with Gasteiger partial charge in [-0.15, -0.1) is 34.4 Å². The molecule has 2 heterocycles. The average molecular weight is 285 g/mol. The summed E-state index contributed by atoms with van der Waals surface area (Å²) >= 11 is 4.63. The second-order valence-corrected chi connectivity index (χ2v) is 6.27. The third kappa shape index (κ3) is 2.52. The lowest BCUT2D eigenvalue weighted by molar-refractivity contribution is 0.0957. The van der Waals surface area contributed by atoms with Gasteiger partial charge < -0.3 is 0 Å². The molecular formula is C10H11N3OS3. The quantitative estimate of drug-likeness (QED) is 0.393. The van der Waals surface area contributed by atoms with E-state index in [4.69, 9.17) is 5.84 Å².